The molecule has 1 unspecified atom stereocenters. The molecule has 0 radical (unpaired) electrons. The fourth-order valence-corrected chi connectivity index (χ4v) is 3.01. The Morgan fingerprint density at radius 2 is 2.24 bits per heavy atom. The molecule has 1 aliphatic carbocycles. The van der Waals surface area contributed by atoms with Crippen molar-refractivity contribution in [3.63, 3.8) is 0 Å². The maximum absolute atomic E-state index is 5.57. The lowest BCUT2D eigenvalue weighted by Gasteiger charge is -2.32. The van der Waals surface area contributed by atoms with Crippen LogP contribution in [-0.2, 0) is 12.8 Å². The lowest BCUT2D eigenvalue weighted by atomic mass is 9.87. The van der Waals surface area contributed by atoms with Gasteiger partial charge in [0.1, 0.15) is 0 Å². The van der Waals surface area contributed by atoms with Crippen molar-refractivity contribution in [2.75, 3.05) is 20.1 Å². The third-order valence-corrected chi connectivity index (χ3v) is 4.20. The highest BCUT2D eigenvalue weighted by Gasteiger charge is 2.21. The number of nitrogens with zero attached hydrogens (tertiary/aromatic N) is 1. The molecule has 2 nitrogen and oxygen atoms in total. The Hall–Kier alpha value is -0.380. The summed E-state index contributed by atoms with van der Waals surface area (Å²) < 4.78 is 1.20. The van der Waals surface area contributed by atoms with Crippen molar-refractivity contribution in [3.05, 3.63) is 33.8 Å². The van der Waals surface area contributed by atoms with E-state index in [2.05, 4.69) is 46.1 Å². The minimum atomic E-state index is 0.690. The van der Waals surface area contributed by atoms with Gasteiger partial charge in [-0.3, -0.25) is 0 Å². The third kappa shape index (κ3) is 3.30. The van der Waals surface area contributed by atoms with Crippen LogP contribution in [0.3, 0.4) is 0 Å². The molecule has 1 atom stereocenters. The van der Waals surface area contributed by atoms with Crippen LogP contribution < -0.4 is 5.73 Å². The van der Waals surface area contributed by atoms with Gasteiger partial charge in [0.25, 0.3) is 0 Å². The van der Waals surface area contributed by atoms with Crippen LogP contribution in [0, 0.1) is 0 Å². The molecule has 0 aliphatic heterocycles. The van der Waals surface area contributed by atoms with Gasteiger partial charge in [-0.15, -0.1) is 0 Å². The molecule has 0 saturated heterocycles. The van der Waals surface area contributed by atoms with Crippen molar-refractivity contribution < 1.29 is 0 Å². The fraction of sp³-hybridized carbons (Fsp3) is 0.571. The average Bonchev–Trinajstić information content (AvgIpc) is 2.35. The molecule has 1 aromatic carbocycles. The zero-order valence-corrected chi connectivity index (χ0v) is 12.0. The zero-order valence-electron chi connectivity index (χ0n) is 10.5. The Kier molecular flexibility index (Phi) is 4.60. The first kappa shape index (κ1) is 13.1. The molecule has 3 heteroatoms. The second-order valence-electron chi connectivity index (χ2n) is 4.93. The monoisotopic (exact) mass is 296 g/mol. The molecular weight excluding hydrogens is 276 g/mol. The van der Waals surface area contributed by atoms with E-state index in [4.69, 9.17) is 5.73 Å². The van der Waals surface area contributed by atoms with Gasteiger partial charge < -0.3 is 10.6 Å². The van der Waals surface area contributed by atoms with Gasteiger partial charge in [-0.2, -0.15) is 0 Å². The van der Waals surface area contributed by atoms with Crippen molar-refractivity contribution in [2.45, 2.75) is 31.7 Å². The van der Waals surface area contributed by atoms with Gasteiger partial charge in [0.15, 0.2) is 0 Å². The average molecular weight is 297 g/mol. The Labute approximate surface area is 112 Å². The van der Waals surface area contributed by atoms with Gasteiger partial charge in [-0.05, 0) is 69.1 Å². The van der Waals surface area contributed by atoms with Crippen molar-refractivity contribution in [1.29, 1.82) is 0 Å². The molecule has 0 saturated carbocycles. The van der Waals surface area contributed by atoms with Gasteiger partial charge in [-0.25, -0.2) is 0 Å². The van der Waals surface area contributed by atoms with Crippen LogP contribution in [0.15, 0.2) is 22.7 Å². The molecule has 0 bridgehead atoms. The van der Waals surface area contributed by atoms with Crippen LogP contribution in [-0.4, -0.2) is 31.1 Å². The first-order chi connectivity index (χ1) is 8.20. The second-order valence-corrected chi connectivity index (χ2v) is 5.85. The molecular formula is C14H21BrN2. The molecule has 0 fully saturated rings. The Bertz CT molecular complexity index is 378. The Balaban J connectivity index is 2.00. The SMILES string of the molecule is CN(CCCN)C1CCc2cc(Br)ccc2C1. The molecule has 1 aliphatic rings. The number of nitrogens with two attached hydrogens (primary N) is 1. The van der Waals surface area contributed by atoms with E-state index in [-0.39, 0.29) is 0 Å². The summed E-state index contributed by atoms with van der Waals surface area (Å²) in [5, 5.41) is 0. The summed E-state index contributed by atoms with van der Waals surface area (Å²) in [5.41, 5.74) is 8.60. The summed E-state index contributed by atoms with van der Waals surface area (Å²) in [6.45, 7) is 1.91. The van der Waals surface area contributed by atoms with E-state index in [1.54, 1.807) is 0 Å². The second kappa shape index (κ2) is 5.98. The van der Waals surface area contributed by atoms with Gasteiger partial charge in [0, 0.05) is 10.5 Å². The summed E-state index contributed by atoms with van der Waals surface area (Å²) in [7, 11) is 2.23. The first-order valence-electron chi connectivity index (χ1n) is 6.38. The smallest absolute Gasteiger partial charge is 0.0178 e. The largest absolute Gasteiger partial charge is 0.330 e. The minimum Gasteiger partial charge on any atom is -0.330 e. The molecule has 2 rings (SSSR count). The number of hydrogen-bond donors (Lipinski definition) is 1. The number of fused-ring (bicyclic) bond motifs is 1. The molecule has 0 amide bonds. The van der Waals surface area contributed by atoms with E-state index >= 15 is 0 Å². The lowest BCUT2D eigenvalue weighted by molar-refractivity contribution is 0.220. The highest BCUT2D eigenvalue weighted by molar-refractivity contribution is 9.10. The van der Waals surface area contributed by atoms with Crippen molar-refractivity contribution in [1.82, 2.24) is 4.90 Å². The van der Waals surface area contributed by atoms with Crippen molar-refractivity contribution >= 4 is 15.9 Å². The number of rotatable bonds is 4. The van der Waals surface area contributed by atoms with E-state index in [1.807, 2.05) is 0 Å². The fourth-order valence-electron chi connectivity index (χ4n) is 2.60. The summed E-state index contributed by atoms with van der Waals surface area (Å²) in [6, 6.07) is 7.38. The summed E-state index contributed by atoms with van der Waals surface area (Å²) in [5.74, 6) is 0. The van der Waals surface area contributed by atoms with Crippen LogP contribution in [0.4, 0.5) is 0 Å². The van der Waals surface area contributed by atoms with E-state index in [0.29, 0.717) is 6.04 Å². The quantitative estimate of drug-likeness (QED) is 0.925. The third-order valence-electron chi connectivity index (χ3n) is 3.71. The maximum Gasteiger partial charge on any atom is 0.0178 e. The standard InChI is InChI=1S/C14H21BrN2/c1-17(8-2-7-16)14-6-4-11-9-13(15)5-3-12(11)10-14/h3,5,9,14H,2,4,6-8,10,16H2,1H3. The summed E-state index contributed by atoms with van der Waals surface area (Å²) in [4.78, 5) is 2.47. The molecule has 94 valence electrons. The highest BCUT2D eigenvalue weighted by Crippen LogP contribution is 2.26. The van der Waals surface area contributed by atoms with Gasteiger partial charge in [-0.1, -0.05) is 22.0 Å². The van der Waals surface area contributed by atoms with Crippen molar-refractivity contribution in [2.24, 2.45) is 5.73 Å². The van der Waals surface area contributed by atoms with Gasteiger partial charge in [0.2, 0.25) is 0 Å². The van der Waals surface area contributed by atoms with E-state index in [0.717, 1.165) is 19.5 Å². The Morgan fingerprint density at radius 1 is 1.41 bits per heavy atom. The number of benzene rings is 1. The summed E-state index contributed by atoms with van der Waals surface area (Å²) >= 11 is 3.54. The van der Waals surface area contributed by atoms with E-state index < -0.39 is 0 Å². The number of hydrogen-bond acceptors (Lipinski definition) is 2. The van der Waals surface area contributed by atoms with Crippen LogP contribution >= 0.6 is 15.9 Å². The van der Waals surface area contributed by atoms with Gasteiger partial charge >= 0.3 is 0 Å². The number of halogens is 1. The highest BCUT2D eigenvalue weighted by atomic mass is 79.9. The molecule has 0 heterocycles. The lowest BCUT2D eigenvalue weighted by Crippen LogP contribution is -2.37. The topological polar surface area (TPSA) is 29.3 Å². The minimum absolute atomic E-state index is 0.690. The number of aryl methyl sites for hydroxylation is 1. The van der Waals surface area contributed by atoms with Crippen LogP contribution in [0.2, 0.25) is 0 Å². The zero-order chi connectivity index (χ0) is 12.3. The van der Waals surface area contributed by atoms with E-state index in [1.165, 1.54) is 34.9 Å². The Morgan fingerprint density at radius 3 is 3.00 bits per heavy atom. The molecule has 2 N–H and O–H groups in total. The number of likely N-dealkylation sites (N-methyl/N-ethyl adjacent to an activating group) is 1. The predicted octanol–water partition coefficient (Wildman–Crippen LogP) is 2.59. The van der Waals surface area contributed by atoms with Crippen LogP contribution in [0.5, 0.6) is 0 Å². The normalized spacial score (nSPS) is 19.4. The van der Waals surface area contributed by atoms with Crippen LogP contribution in [0.1, 0.15) is 24.0 Å². The molecule has 0 spiro atoms. The van der Waals surface area contributed by atoms with Crippen molar-refractivity contribution in [3.8, 4) is 0 Å². The molecule has 17 heavy (non-hydrogen) atoms. The maximum atomic E-state index is 5.57. The first-order valence-corrected chi connectivity index (χ1v) is 7.17. The predicted molar refractivity (Wildman–Crippen MR) is 76.3 cm³/mol. The van der Waals surface area contributed by atoms with E-state index in [9.17, 15) is 0 Å². The van der Waals surface area contributed by atoms with Crippen LogP contribution in [0.25, 0.3) is 0 Å². The summed E-state index contributed by atoms with van der Waals surface area (Å²) in [6.07, 6.45) is 4.75. The molecule has 0 aromatic heterocycles. The molecule has 1 aromatic rings. The van der Waals surface area contributed by atoms with Gasteiger partial charge in [0.05, 0.1) is 0 Å².